The summed E-state index contributed by atoms with van der Waals surface area (Å²) in [4.78, 5) is 15.1. The number of carboxylic acid groups (broad SMARTS) is 1. The number of hydrogen-bond acceptors (Lipinski definition) is 4. The Morgan fingerprint density at radius 2 is 1.84 bits per heavy atom. The Morgan fingerprint density at radius 3 is 2.37 bits per heavy atom. The molecule has 1 aromatic carbocycles. The van der Waals surface area contributed by atoms with Gasteiger partial charge in [0.1, 0.15) is 6.04 Å². The van der Waals surface area contributed by atoms with E-state index in [1.165, 1.54) is 5.69 Å². The van der Waals surface area contributed by atoms with Gasteiger partial charge in [0.25, 0.3) is 0 Å². The first kappa shape index (κ1) is 14.3. The number of rotatable bonds is 4. The maximum Gasteiger partial charge on any atom is 0.321 e. The highest BCUT2D eigenvalue weighted by Gasteiger charge is 2.21. The first-order valence-electron chi connectivity index (χ1n) is 6.27. The molecular formula is C13H18BrN3O2. The summed E-state index contributed by atoms with van der Waals surface area (Å²) in [5.41, 5.74) is 6.75. The summed E-state index contributed by atoms with van der Waals surface area (Å²) in [6.07, 6.45) is 0. The molecule has 1 atom stereocenters. The van der Waals surface area contributed by atoms with Crippen molar-refractivity contribution in [2.24, 2.45) is 5.73 Å². The maximum absolute atomic E-state index is 10.7. The van der Waals surface area contributed by atoms with Crippen molar-refractivity contribution in [3.05, 3.63) is 28.7 Å². The fourth-order valence-electron chi connectivity index (χ4n) is 2.20. The molecule has 0 bridgehead atoms. The molecule has 6 heteroatoms. The number of aliphatic carboxylic acids is 1. The molecule has 0 saturated carbocycles. The van der Waals surface area contributed by atoms with E-state index in [0.717, 1.165) is 30.7 Å². The number of benzene rings is 1. The van der Waals surface area contributed by atoms with E-state index in [1.54, 1.807) is 0 Å². The van der Waals surface area contributed by atoms with Crippen molar-refractivity contribution in [2.45, 2.75) is 6.04 Å². The molecule has 0 radical (unpaired) electrons. The lowest BCUT2D eigenvalue weighted by Gasteiger charge is -2.36. The molecule has 1 fully saturated rings. The first-order chi connectivity index (χ1) is 9.06. The third-order valence-corrected chi connectivity index (χ3v) is 3.86. The Kier molecular flexibility index (Phi) is 4.79. The largest absolute Gasteiger partial charge is 0.480 e. The average Bonchev–Trinajstić information content (AvgIpc) is 2.40. The standard InChI is InChI=1S/C13H18BrN3O2/c14-10-1-3-11(4-2-10)17-7-5-16(6-8-17)9-12(15)13(18)19/h1-4,12H,5-9,15H2,(H,18,19)/t12-/m0/s1. The van der Waals surface area contributed by atoms with Crippen LogP contribution < -0.4 is 10.6 Å². The number of halogens is 1. The van der Waals surface area contributed by atoms with E-state index in [2.05, 4.69) is 37.9 Å². The van der Waals surface area contributed by atoms with Crippen LogP contribution in [0.2, 0.25) is 0 Å². The molecule has 1 aliphatic heterocycles. The lowest BCUT2D eigenvalue weighted by Crippen LogP contribution is -2.51. The quantitative estimate of drug-likeness (QED) is 0.862. The Morgan fingerprint density at radius 1 is 1.26 bits per heavy atom. The number of hydrogen-bond donors (Lipinski definition) is 2. The molecule has 0 aliphatic carbocycles. The van der Waals surface area contributed by atoms with Crippen LogP contribution in [0.15, 0.2) is 28.7 Å². The topological polar surface area (TPSA) is 69.8 Å². The summed E-state index contributed by atoms with van der Waals surface area (Å²) >= 11 is 3.42. The van der Waals surface area contributed by atoms with Crippen molar-refractivity contribution in [1.29, 1.82) is 0 Å². The molecule has 1 aliphatic rings. The van der Waals surface area contributed by atoms with Gasteiger partial charge in [-0.1, -0.05) is 15.9 Å². The van der Waals surface area contributed by atoms with E-state index in [1.807, 2.05) is 12.1 Å². The lowest BCUT2D eigenvalue weighted by atomic mass is 10.2. The van der Waals surface area contributed by atoms with Crippen LogP contribution in [-0.2, 0) is 4.79 Å². The summed E-state index contributed by atoms with van der Waals surface area (Å²) in [7, 11) is 0. The Balaban J connectivity index is 1.85. The smallest absolute Gasteiger partial charge is 0.321 e. The summed E-state index contributed by atoms with van der Waals surface area (Å²) < 4.78 is 1.07. The molecule has 0 spiro atoms. The molecule has 0 unspecified atom stereocenters. The van der Waals surface area contributed by atoms with Crippen molar-refractivity contribution < 1.29 is 9.90 Å². The van der Waals surface area contributed by atoms with Gasteiger partial charge in [-0.05, 0) is 24.3 Å². The maximum atomic E-state index is 10.7. The fourth-order valence-corrected chi connectivity index (χ4v) is 2.46. The van der Waals surface area contributed by atoms with E-state index in [-0.39, 0.29) is 0 Å². The van der Waals surface area contributed by atoms with Gasteiger partial charge in [0.15, 0.2) is 0 Å². The van der Waals surface area contributed by atoms with Gasteiger partial charge in [-0.3, -0.25) is 9.69 Å². The molecule has 104 valence electrons. The predicted molar refractivity (Wildman–Crippen MR) is 78.4 cm³/mol. The summed E-state index contributed by atoms with van der Waals surface area (Å²) in [5.74, 6) is -0.935. The highest BCUT2D eigenvalue weighted by molar-refractivity contribution is 9.10. The molecule has 3 N–H and O–H groups in total. The van der Waals surface area contributed by atoms with Gasteiger partial charge in [0.05, 0.1) is 0 Å². The van der Waals surface area contributed by atoms with E-state index in [9.17, 15) is 4.79 Å². The predicted octanol–water partition coefficient (Wildman–Crippen LogP) is 0.983. The summed E-state index contributed by atoms with van der Waals surface area (Å²) in [6.45, 7) is 3.90. The Hall–Kier alpha value is -1.11. The van der Waals surface area contributed by atoms with Gasteiger partial charge in [-0.25, -0.2) is 0 Å². The molecule has 1 saturated heterocycles. The van der Waals surface area contributed by atoms with Crippen LogP contribution in [0.3, 0.4) is 0 Å². The Labute approximate surface area is 121 Å². The lowest BCUT2D eigenvalue weighted by molar-refractivity contribution is -0.139. The van der Waals surface area contributed by atoms with Crippen LogP contribution in [0.1, 0.15) is 0 Å². The normalized spacial score (nSPS) is 18.3. The monoisotopic (exact) mass is 327 g/mol. The van der Waals surface area contributed by atoms with Gasteiger partial charge in [0, 0.05) is 42.9 Å². The van der Waals surface area contributed by atoms with Crippen LogP contribution in [0.4, 0.5) is 5.69 Å². The number of anilines is 1. The van der Waals surface area contributed by atoms with Crippen LogP contribution >= 0.6 is 15.9 Å². The van der Waals surface area contributed by atoms with E-state index >= 15 is 0 Å². The highest BCUT2D eigenvalue weighted by atomic mass is 79.9. The second kappa shape index (κ2) is 6.36. The molecule has 1 aromatic rings. The first-order valence-corrected chi connectivity index (χ1v) is 7.07. The number of piperazine rings is 1. The SMILES string of the molecule is N[C@@H](CN1CCN(c2ccc(Br)cc2)CC1)C(=O)O. The molecule has 2 rings (SSSR count). The summed E-state index contributed by atoms with van der Waals surface area (Å²) in [5, 5.41) is 8.80. The minimum Gasteiger partial charge on any atom is -0.480 e. The van der Waals surface area contributed by atoms with E-state index in [4.69, 9.17) is 10.8 Å². The molecule has 0 aromatic heterocycles. The van der Waals surface area contributed by atoms with Gasteiger partial charge < -0.3 is 15.7 Å². The zero-order valence-electron chi connectivity index (χ0n) is 10.6. The minimum absolute atomic E-state index is 0.420. The van der Waals surface area contributed by atoms with Crippen LogP contribution in [0.25, 0.3) is 0 Å². The number of carboxylic acids is 1. The van der Waals surface area contributed by atoms with Gasteiger partial charge in [-0.2, -0.15) is 0 Å². The van der Waals surface area contributed by atoms with E-state index < -0.39 is 12.0 Å². The number of carbonyl (C=O) groups is 1. The molecular weight excluding hydrogens is 310 g/mol. The van der Waals surface area contributed by atoms with Crippen molar-refractivity contribution in [2.75, 3.05) is 37.6 Å². The number of nitrogens with zero attached hydrogens (tertiary/aromatic N) is 2. The second-order valence-electron chi connectivity index (χ2n) is 4.71. The zero-order valence-corrected chi connectivity index (χ0v) is 12.2. The number of nitrogens with two attached hydrogens (primary N) is 1. The second-order valence-corrected chi connectivity index (χ2v) is 5.62. The third-order valence-electron chi connectivity index (χ3n) is 3.34. The summed E-state index contributed by atoms with van der Waals surface area (Å²) in [6, 6.07) is 7.44. The van der Waals surface area contributed by atoms with Crippen LogP contribution in [-0.4, -0.2) is 54.7 Å². The van der Waals surface area contributed by atoms with Crippen LogP contribution in [0.5, 0.6) is 0 Å². The van der Waals surface area contributed by atoms with Crippen molar-refractivity contribution in [3.8, 4) is 0 Å². The molecule has 1 heterocycles. The molecule has 19 heavy (non-hydrogen) atoms. The molecule has 0 amide bonds. The van der Waals surface area contributed by atoms with E-state index in [0.29, 0.717) is 6.54 Å². The minimum atomic E-state index is -0.935. The van der Waals surface area contributed by atoms with Gasteiger partial charge >= 0.3 is 5.97 Å². The highest BCUT2D eigenvalue weighted by Crippen LogP contribution is 2.19. The Bertz CT molecular complexity index is 430. The molecule has 5 nitrogen and oxygen atoms in total. The average molecular weight is 328 g/mol. The van der Waals surface area contributed by atoms with Crippen molar-refractivity contribution in [3.63, 3.8) is 0 Å². The third kappa shape index (κ3) is 3.92. The van der Waals surface area contributed by atoms with Gasteiger partial charge in [0.2, 0.25) is 0 Å². The van der Waals surface area contributed by atoms with Gasteiger partial charge in [-0.15, -0.1) is 0 Å². The zero-order chi connectivity index (χ0) is 13.8. The van der Waals surface area contributed by atoms with Crippen molar-refractivity contribution in [1.82, 2.24) is 4.90 Å². The van der Waals surface area contributed by atoms with Crippen LogP contribution in [0, 0.1) is 0 Å². The fraction of sp³-hybridized carbons (Fsp3) is 0.462. The van der Waals surface area contributed by atoms with Crippen molar-refractivity contribution >= 4 is 27.6 Å².